The summed E-state index contributed by atoms with van der Waals surface area (Å²) in [5.41, 5.74) is 2.81. The van der Waals surface area contributed by atoms with E-state index in [-0.39, 0.29) is 11.6 Å². The van der Waals surface area contributed by atoms with Crippen LogP contribution in [-0.2, 0) is 6.54 Å². The molecule has 30 heavy (non-hydrogen) atoms. The van der Waals surface area contributed by atoms with Gasteiger partial charge in [0.05, 0.1) is 23.7 Å². The van der Waals surface area contributed by atoms with E-state index in [2.05, 4.69) is 31.1 Å². The molecule has 0 fully saturated rings. The summed E-state index contributed by atoms with van der Waals surface area (Å²) in [4.78, 5) is 17.4. The second-order valence-corrected chi connectivity index (χ2v) is 7.69. The van der Waals surface area contributed by atoms with Crippen LogP contribution in [0, 0.1) is 6.92 Å². The third-order valence-corrected chi connectivity index (χ3v) is 5.40. The van der Waals surface area contributed by atoms with Crippen LogP contribution in [0.4, 0.5) is 5.69 Å². The lowest BCUT2D eigenvalue weighted by Gasteiger charge is -2.06. The standard InChI is InChI=1S/C22H19BrN4O3/c1-4-27-19-8-5-13(23)10-17(19)20(22(27)29)25-26-21(28)16-9-12(2)24-18-7-6-14(30-3)11-15(16)18/h5-11,29H,4H2,1-3H3. The first-order valence-electron chi connectivity index (χ1n) is 9.35. The first-order chi connectivity index (χ1) is 14.4. The van der Waals surface area contributed by atoms with E-state index in [0.29, 0.717) is 39.8 Å². The monoisotopic (exact) mass is 466 g/mol. The molecule has 0 atom stereocenters. The number of rotatable bonds is 4. The highest BCUT2D eigenvalue weighted by Crippen LogP contribution is 2.40. The van der Waals surface area contributed by atoms with Gasteiger partial charge in [-0.1, -0.05) is 15.9 Å². The van der Waals surface area contributed by atoms with Gasteiger partial charge in [0, 0.05) is 27.5 Å². The van der Waals surface area contributed by atoms with Crippen LogP contribution in [0.3, 0.4) is 0 Å². The van der Waals surface area contributed by atoms with Crippen LogP contribution in [0.15, 0.2) is 57.2 Å². The maximum Gasteiger partial charge on any atom is 0.296 e. The minimum Gasteiger partial charge on any atom is -0.497 e. The number of ether oxygens (including phenoxy) is 1. The highest BCUT2D eigenvalue weighted by atomic mass is 79.9. The van der Waals surface area contributed by atoms with Gasteiger partial charge in [0.15, 0.2) is 5.69 Å². The molecule has 4 rings (SSSR count). The van der Waals surface area contributed by atoms with E-state index in [4.69, 9.17) is 4.74 Å². The van der Waals surface area contributed by atoms with Crippen molar-refractivity contribution in [1.29, 1.82) is 0 Å². The number of amides is 1. The van der Waals surface area contributed by atoms with Gasteiger partial charge >= 0.3 is 0 Å². The minimum absolute atomic E-state index is 0.0282. The van der Waals surface area contributed by atoms with Crippen LogP contribution < -0.4 is 4.74 Å². The SMILES string of the molecule is CCn1c(O)c(N=NC(=O)c2cc(C)nc3ccc(OC)cc23)c2cc(Br)ccc21. The lowest BCUT2D eigenvalue weighted by Crippen LogP contribution is -1.99. The fraction of sp³-hybridized carbons (Fsp3) is 0.182. The van der Waals surface area contributed by atoms with Crippen molar-refractivity contribution in [3.63, 3.8) is 0 Å². The van der Waals surface area contributed by atoms with Crippen molar-refractivity contribution in [1.82, 2.24) is 9.55 Å². The number of methoxy groups -OCH3 is 1. The fourth-order valence-corrected chi connectivity index (χ4v) is 3.87. The number of carbonyl (C=O) groups is 1. The van der Waals surface area contributed by atoms with E-state index in [9.17, 15) is 9.90 Å². The van der Waals surface area contributed by atoms with Crippen LogP contribution >= 0.6 is 15.9 Å². The normalized spacial score (nSPS) is 11.6. The molecule has 4 aromatic rings. The van der Waals surface area contributed by atoms with Gasteiger partial charge < -0.3 is 14.4 Å². The Hall–Kier alpha value is -3.26. The van der Waals surface area contributed by atoms with Crippen LogP contribution in [0.5, 0.6) is 11.6 Å². The van der Waals surface area contributed by atoms with E-state index in [1.807, 2.05) is 32.0 Å². The molecule has 2 aromatic heterocycles. The molecule has 0 spiro atoms. The van der Waals surface area contributed by atoms with Gasteiger partial charge in [0.2, 0.25) is 5.88 Å². The molecular weight excluding hydrogens is 448 g/mol. The van der Waals surface area contributed by atoms with Gasteiger partial charge in [-0.3, -0.25) is 9.78 Å². The molecule has 0 aliphatic rings. The van der Waals surface area contributed by atoms with Crippen molar-refractivity contribution in [3.05, 3.63) is 58.2 Å². The summed E-state index contributed by atoms with van der Waals surface area (Å²) >= 11 is 3.44. The molecule has 0 aliphatic carbocycles. The predicted octanol–water partition coefficient (Wildman–Crippen LogP) is 5.92. The first-order valence-corrected chi connectivity index (χ1v) is 10.1. The molecule has 0 saturated carbocycles. The summed E-state index contributed by atoms with van der Waals surface area (Å²) in [6.45, 7) is 4.30. The molecule has 0 aliphatic heterocycles. The lowest BCUT2D eigenvalue weighted by atomic mass is 10.1. The van der Waals surface area contributed by atoms with Gasteiger partial charge in [-0.15, -0.1) is 10.2 Å². The smallest absolute Gasteiger partial charge is 0.296 e. The average molecular weight is 467 g/mol. The number of azo groups is 1. The second kappa shape index (κ2) is 7.87. The topological polar surface area (TPSA) is 89.1 Å². The number of benzene rings is 2. The number of pyridine rings is 1. The molecule has 2 aromatic carbocycles. The van der Waals surface area contributed by atoms with Crippen molar-refractivity contribution in [3.8, 4) is 11.6 Å². The molecule has 2 heterocycles. The summed E-state index contributed by atoms with van der Waals surface area (Å²) < 4.78 is 7.83. The Balaban J connectivity index is 1.82. The minimum atomic E-state index is -0.523. The summed E-state index contributed by atoms with van der Waals surface area (Å²) in [6, 6.07) is 12.6. The number of halogens is 1. The van der Waals surface area contributed by atoms with Crippen molar-refractivity contribution < 1.29 is 14.6 Å². The Morgan fingerprint density at radius 3 is 2.73 bits per heavy atom. The molecule has 8 heteroatoms. The number of aromatic hydroxyl groups is 1. The summed E-state index contributed by atoms with van der Waals surface area (Å²) in [5.74, 6) is 0.0674. The number of fused-ring (bicyclic) bond motifs is 2. The molecular formula is C22H19BrN4O3. The summed E-state index contributed by atoms with van der Waals surface area (Å²) in [7, 11) is 1.56. The Labute approximate surface area is 181 Å². The number of aryl methyl sites for hydroxylation is 2. The van der Waals surface area contributed by atoms with Crippen LogP contribution in [0.25, 0.3) is 21.8 Å². The van der Waals surface area contributed by atoms with E-state index in [1.165, 1.54) is 0 Å². The van der Waals surface area contributed by atoms with Gasteiger partial charge in [-0.25, -0.2) is 0 Å². The quantitative estimate of drug-likeness (QED) is 0.378. The molecule has 152 valence electrons. The van der Waals surface area contributed by atoms with Gasteiger partial charge in [0.1, 0.15) is 5.75 Å². The van der Waals surface area contributed by atoms with Gasteiger partial charge in [0.25, 0.3) is 5.91 Å². The van der Waals surface area contributed by atoms with E-state index in [1.54, 1.807) is 35.9 Å². The van der Waals surface area contributed by atoms with Crippen LogP contribution in [-0.4, -0.2) is 27.7 Å². The highest BCUT2D eigenvalue weighted by Gasteiger charge is 2.18. The van der Waals surface area contributed by atoms with E-state index in [0.717, 1.165) is 9.99 Å². The van der Waals surface area contributed by atoms with Gasteiger partial charge in [-0.2, -0.15) is 0 Å². The zero-order valence-electron chi connectivity index (χ0n) is 16.7. The lowest BCUT2D eigenvalue weighted by molar-refractivity contribution is 0.0996. The molecule has 0 bridgehead atoms. The second-order valence-electron chi connectivity index (χ2n) is 6.78. The molecule has 1 amide bonds. The van der Waals surface area contributed by atoms with Crippen LogP contribution in [0.2, 0.25) is 0 Å². The number of carbonyl (C=O) groups excluding carboxylic acids is 1. The zero-order chi connectivity index (χ0) is 21.4. The Morgan fingerprint density at radius 2 is 2.00 bits per heavy atom. The third kappa shape index (κ3) is 3.43. The van der Waals surface area contributed by atoms with E-state index >= 15 is 0 Å². The van der Waals surface area contributed by atoms with Crippen molar-refractivity contribution >= 4 is 49.3 Å². The van der Waals surface area contributed by atoms with Crippen LogP contribution in [0.1, 0.15) is 23.0 Å². The molecule has 0 unspecified atom stereocenters. The average Bonchev–Trinajstić information content (AvgIpc) is 3.00. The first kappa shape index (κ1) is 20.0. The molecule has 7 nitrogen and oxygen atoms in total. The Bertz CT molecular complexity index is 1330. The van der Waals surface area contributed by atoms with Gasteiger partial charge in [-0.05, 0) is 56.3 Å². The number of hydrogen-bond acceptors (Lipinski definition) is 5. The number of hydrogen-bond donors (Lipinski definition) is 1. The largest absolute Gasteiger partial charge is 0.497 e. The molecule has 0 radical (unpaired) electrons. The highest BCUT2D eigenvalue weighted by molar-refractivity contribution is 9.10. The molecule has 0 saturated heterocycles. The fourth-order valence-electron chi connectivity index (χ4n) is 3.50. The van der Waals surface area contributed by atoms with Crippen molar-refractivity contribution in [2.45, 2.75) is 20.4 Å². The van der Waals surface area contributed by atoms with E-state index < -0.39 is 5.91 Å². The zero-order valence-corrected chi connectivity index (χ0v) is 18.3. The maximum absolute atomic E-state index is 12.9. The summed E-state index contributed by atoms with van der Waals surface area (Å²) in [6.07, 6.45) is 0. The maximum atomic E-state index is 12.9. The Kier molecular flexibility index (Phi) is 5.26. The summed E-state index contributed by atoms with van der Waals surface area (Å²) in [5, 5.41) is 20.0. The number of aromatic nitrogens is 2. The van der Waals surface area contributed by atoms with Crippen molar-refractivity contribution in [2.75, 3.05) is 7.11 Å². The number of nitrogens with zero attached hydrogens (tertiary/aromatic N) is 4. The Morgan fingerprint density at radius 1 is 1.20 bits per heavy atom. The van der Waals surface area contributed by atoms with Crippen molar-refractivity contribution in [2.24, 2.45) is 10.2 Å². The third-order valence-electron chi connectivity index (χ3n) is 4.90. The molecule has 1 N–H and O–H groups in total. The predicted molar refractivity (Wildman–Crippen MR) is 119 cm³/mol.